The molecule has 124 valence electrons. The Kier molecular flexibility index (Phi) is 6.01. The van der Waals surface area contributed by atoms with Gasteiger partial charge in [0, 0.05) is 13.1 Å². The summed E-state index contributed by atoms with van der Waals surface area (Å²) >= 11 is 0. The van der Waals surface area contributed by atoms with Gasteiger partial charge in [-0.25, -0.2) is 0 Å². The lowest BCUT2D eigenvalue weighted by atomic mass is 9.80. The summed E-state index contributed by atoms with van der Waals surface area (Å²) in [5.41, 5.74) is 0.446. The number of rotatable bonds is 4. The number of hydrogen-bond acceptors (Lipinski definition) is 4. The standard InChI is InChI=1S/C17H26N2O2.H2S/c1-17(13-18-2)7-9-19(10-8-17)11-14-12-20-15-5-3-4-6-16(15)21-14;/h3-6,14,18H,7-13H2,1-2H3;1H2/t14-;/m0./s1. The lowest BCUT2D eigenvalue weighted by molar-refractivity contribution is 0.0359. The van der Waals surface area contributed by atoms with E-state index in [0.717, 1.165) is 37.7 Å². The fourth-order valence-corrected chi connectivity index (χ4v) is 3.32. The van der Waals surface area contributed by atoms with Gasteiger partial charge in [-0.05, 0) is 50.5 Å². The molecule has 0 spiro atoms. The van der Waals surface area contributed by atoms with Gasteiger partial charge in [-0.15, -0.1) is 0 Å². The molecule has 0 amide bonds. The van der Waals surface area contributed by atoms with Crippen LogP contribution >= 0.6 is 13.5 Å². The van der Waals surface area contributed by atoms with Crippen molar-refractivity contribution in [3.63, 3.8) is 0 Å². The van der Waals surface area contributed by atoms with Crippen LogP contribution in [0.2, 0.25) is 0 Å². The summed E-state index contributed by atoms with van der Waals surface area (Å²) in [6, 6.07) is 7.93. The van der Waals surface area contributed by atoms with Crippen LogP contribution in [0.15, 0.2) is 24.3 Å². The normalized spacial score (nSPS) is 23.6. The molecule has 1 N–H and O–H groups in total. The van der Waals surface area contributed by atoms with Gasteiger partial charge >= 0.3 is 0 Å². The van der Waals surface area contributed by atoms with Crippen LogP contribution in [0, 0.1) is 5.41 Å². The number of ether oxygens (including phenoxy) is 2. The Hall–Kier alpha value is -0.910. The molecule has 3 rings (SSSR count). The van der Waals surface area contributed by atoms with Gasteiger partial charge in [-0.1, -0.05) is 19.1 Å². The number of benzene rings is 1. The SMILES string of the molecule is CNCC1(C)CCN(C[C@H]2COc3ccccc3O2)CC1.S. The zero-order valence-electron chi connectivity index (χ0n) is 13.6. The first-order valence-corrected chi connectivity index (χ1v) is 7.94. The molecule has 1 aromatic rings. The first kappa shape index (κ1) is 17.4. The number of piperidine rings is 1. The van der Waals surface area contributed by atoms with E-state index >= 15 is 0 Å². The van der Waals surface area contributed by atoms with Crippen LogP contribution in [0.1, 0.15) is 19.8 Å². The molecule has 0 saturated carbocycles. The van der Waals surface area contributed by atoms with Gasteiger partial charge in [-0.3, -0.25) is 4.90 Å². The van der Waals surface area contributed by atoms with Crippen molar-refractivity contribution in [2.45, 2.75) is 25.9 Å². The molecule has 5 heteroatoms. The highest BCUT2D eigenvalue weighted by atomic mass is 32.1. The molecule has 1 atom stereocenters. The molecule has 1 fully saturated rings. The smallest absolute Gasteiger partial charge is 0.161 e. The van der Waals surface area contributed by atoms with E-state index in [1.807, 2.05) is 31.3 Å². The van der Waals surface area contributed by atoms with E-state index in [2.05, 4.69) is 17.1 Å². The second-order valence-electron chi connectivity index (χ2n) is 6.64. The van der Waals surface area contributed by atoms with Crippen molar-refractivity contribution in [2.24, 2.45) is 5.41 Å². The zero-order chi connectivity index (χ0) is 14.7. The van der Waals surface area contributed by atoms with Gasteiger partial charge in [0.15, 0.2) is 11.5 Å². The van der Waals surface area contributed by atoms with Crippen molar-refractivity contribution in [3.05, 3.63) is 24.3 Å². The third-order valence-corrected chi connectivity index (χ3v) is 4.70. The van der Waals surface area contributed by atoms with Gasteiger partial charge in [0.2, 0.25) is 0 Å². The van der Waals surface area contributed by atoms with Crippen molar-refractivity contribution < 1.29 is 9.47 Å². The quantitative estimate of drug-likeness (QED) is 0.921. The molecule has 0 bridgehead atoms. The highest BCUT2D eigenvalue weighted by Gasteiger charge is 2.31. The van der Waals surface area contributed by atoms with Gasteiger partial charge < -0.3 is 14.8 Å². The zero-order valence-corrected chi connectivity index (χ0v) is 14.6. The van der Waals surface area contributed by atoms with Crippen LogP contribution in [0.5, 0.6) is 11.5 Å². The summed E-state index contributed by atoms with van der Waals surface area (Å²) in [7, 11) is 2.04. The molecule has 2 aliphatic heterocycles. The monoisotopic (exact) mass is 324 g/mol. The predicted molar refractivity (Wildman–Crippen MR) is 94.4 cm³/mol. The maximum Gasteiger partial charge on any atom is 0.161 e. The molecule has 1 saturated heterocycles. The maximum absolute atomic E-state index is 6.06. The maximum atomic E-state index is 6.06. The average Bonchev–Trinajstić information content (AvgIpc) is 2.50. The second-order valence-corrected chi connectivity index (χ2v) is 6.64. The van der Waals surface area contributed by atoms with E-state index in [9.17, 15) is 0 Å². The lowest BCUT2D eigenvalue weighted by Gasteiger charge is -2.40. The van der Waals surface area contributed by atoms with Crippen molar-refractivity contribution in [1.29, 1.82) is 0 Å². The largest absolute Gasteiger partial charge is 0.486 e. The second kappa shape index (κ2) is 7.57. The summed E-state index contributed by atoms with van der Waals surface area (Å²) in [5, 5.41) is 3.32. The Balaban J connectivity index is 0.00000176. The lowest BCUT2D eigenvalue weighted by Crippen LogP contribution is -2.47. The van der Waals surface area contributed by atoms with Crippen molar-refractivity contribution in [2.75, 3.05) is 39.8 Å². The van der Waals surface area contributed by atoms with E-state index in [0.29, 0.717) is 12.0 Å². The molecule has 0 aromatic heterocycles. The molecule has 0 aliphatic carbocycles. The summed E-state index contributed by atoms with van der Waals surface area (Å²) in [4.78, 5) is 2.51. The third kappa shape index (κ3) is 4.09. The van der Waals surface area contributed by atoms with Gasteiger partial charge in [0.25, 0.3) is 0 Å². The fourth-order valence-electron chi connectivity index (χ4n) is 3.32. The van der Waals surface area contributed by atoms with Gasteiger partial charge in [-0.2, -0.15) is 13.5 Å². The molecule has 2 aliphatic rings. The fraction of sp³-hybridized carbons (Fsp3) is 0.647. The molecule has 2 heterocycles. The van der Waals surface area contributed by atoms with Crippen LogP contribution < -0.4 is 14.8 Å². The molecular weight excluding hydrogens is 296 g/mol. The Bertz CT molecular complexity index is 475. The highest BCUT2D eigenvalue weighted by Crippen LogP contribution is 2.33. The summed E-state index contributed by atoms with van der Waals surface area (Å²) in [6.45, 7) is 7.42. The number of nitrogens with zero attached hydrogens (tertiary/aromatic N) is 1. The summed E-state index contributed by atoms with van der Waals surface area (Å²) in [5.74, 6) is 1.75. The first-order valence-electron chi connectivity index (χ1n) is 7.94. The van der Waals surface area contributed by atoms with Crippen molar-refractivity contribution >= 4 is 13.5 Å². The Morgan fingerprint density at radius 3 is 2.59 bits per heavy atom. The molecule has 1 aromatic carbocycles. The molecular formula is C17H28N2O2S. The van der Waals surface area contributed by atoms with Crippen LogP contribution in [0.4, 0.5) is 0 Å². The van der Waals surface area contributed by atoms with E-state index in [4.69, 9.17) is 9.47 Å². The minimum Gasteiger partial charge on any atom is -0.486 e. The number of likely N-dealkylation sites (tertiary alicyclic amines) is 1. The summed E-state index contributed by atoms with van der Waals surface area (Å²) < 4.78 is 11.9. The molecule has 22 heavy (non-hydrogen) atoms. The van der Waals surface area contributed by atoms with Crippen LogP contribution in [0.3, 0.4) is 0 Å². The van der Waals surface area contributed by atoms with E-state index in [1.54, 1.807) is 0 Å². The number of hydrogen-bond donors (Lipinski definition) is 1. The average molecular weight is 324 g/mol. The molecule has 0 unspecified atom stereocenters. The Labute approximate surface area is 140 Å². The minimum absolute atomic E-state index is 0. The number of para-hydroxylation sites is 2. The van der Waals surface area contributed by atoms with E-state index < -0.39 is 0 Å². The molecule has 4 nitrogen and oxygen atoms in total. The number of nitrogens with one attached hydrogen (secondary N) is 1. The van der Waals surface area contributed by atoms with Gasteiger partial charge in [0.1, 0.15) is 12.7 Å². The Morgan fingerprint density at radius 2 is 1.91 bits per heavy atom. The van der Waals surface area contributed by atoms with Crippen molar-refractivity contribution in [3.8, 4) is 11.5 Å². The van der Waals surface area contributed by atoms with Crippen LogP contribution in [0.25, 0.3) is 0 Å². The topological polar surface area (TPSA) is 33.7 Å². The Morgan fingerprint density at radius 1 is 1.23 bits per heavy atom. The third-order valence-electron chi connectivity index (χ3n) is 4.70. The van der Waals surface area contributed by atoms with Crippen molar-refractivity contribution in [1.82, 2.24) is 10.2 Å². The molecule has 0 radical (unpaired) electrons. The summed E-state index contributed by atoms with van der Waals surface area (Å²) in [6.07, 6.45) is 2.64. The number of fused-ring (bicyclic) bond motifs is 1. The predicted octanol–water partition coefficient (Wildman–Crippen LogP) is 2.26. The van der Waals surface area contributed by atoms with Gasteiger partial charge in [0.05, 0.1) is 0 Å². The van der Waals surface area contributed by atoms with Crippen LogP contribution in [-0.2, 0) is 0 Å². The van der Waals surface area contributed by atoms with E-state index in [-0.39, 0.29) is 19.6 Å². The first-order chi connectivity index (χ1) is 10.2. The van der Waals surface area contributed by atoms with E-state index in [1.165, 1.54) is 12.8 Å². The minimum atomic E-state index is 0. The van der Waals surface area contributed by atoms with Crippen LogP contribution in [-0.4, -0.2) is 50.8 Å². The highest BCUT2D eigenvalue weighted by molar-refractivity contribution is 7.59.